The van der Waals surface area contributed by atoms with Gasteiger partial charge in [-0.3, -0.25) is 9.69 Å². The van der Waals surface area contributed by atoms with E-state index >= 15 is 0 Å². The van der Waals surface area contributed by atoms with Crippen molar-refractivity contribution in [2.45, 2.75) is 12.8 Å². The monoisotopic (exact) mass is 394 g/mol. The van der Waals surface area contributed by atoms with E-state index in [-0.39, 0.29) is 17.9 Å². The number of aromatic nitrogens is 1. The smallest absolute Gasteiger partial charge is 0.321 e. The summed E-state index contributed by atoms with van der Waals surface area (Å²) in [4.78, 5) is 34.7. The number of H-pyrrole nitrogens is 1. The molecule has 2 saturated heterocycles. The van der Waals surface area contributed by atoms with Crippen LogP contribution < -0.4 is 15.2 Å². The average Bonchev–Trinajstić information content (AvgIpc) is 2.80. The number of nitrogens with zero attached hydrogens (tertiary/aromatic N) is 3. The van der Waals surface area contributed by atoms with Crippen molar-refractivity contribution in [2.75, 3.05) is 49.5 Å². The first-order valence-corrected chi connectivity index (χ1v) is 10.3. The summed E-state index contributed by atoms with van der Waals surface area (Å²) in [5.74, 6) is 1.35. The molecule has 1 aromatic carbocycles. The van der Waals surface area contributed by atoms with E-state index in [1.807, 2.05) is 53.6 Å². The zero-order valence-corrected chi connectivity index (χ0v) is 16.6. The molecule has 2 N–H and O–H groups in total. The molecule has 0 radical (unpaired) electrons. The van der Waals surface area contributed by atoms with Gasteiger partial charge in [0.05, 0.1) is 19.3 Å². The lowest BCUT2D eigenvalue weighted by molar-refractivity contribution is -0.364. The summed E-state index contributed by atoms with van der Waals surface area (Å²) >= 11 is 0. The number of amides is 3. The minimum absolute atomic E-state index is 0.0191. The van der Waals surface area contributed by atoms with Crippen molar-refractivity contribution in [1.29, 1.82) is 0 Å². The van der Waals surface area contributed by atoms with Crippen LogP contribution in [0.2, 0.25) is 0 Å². The van der Waals surface area contributed by atoms with Crippen LogP contribution in [0.15, 0.2) is 54.7 Å². The second kappa shape index (κ2) is 8.94. The number of nitrogens with one attached hydrogen (secondary N) is 2. The van der Waals surface area contributed by atoms with Crippen LogP contribution in [0.1, 0.15) is 12.8 Å². The Bertz CT molecular complexity index is 814. The molecule has 0 atom stereocenters. The van der Waals surface area contributed by atoms with Gasteiger partial charge in [0.15, 0.2) is 0 Å². The Hall–Kier alpha value is -3.09. The zero-order chi connectivity index (χ0) is 20.1. The topological polar surface area (TPSA) is 70.0 Å². The van der Waals surface area contributed by atoms with E-state index in [9.17, 15) is 9.59 Å². The number of carbonyl (C=O) groups excluding carboxylic acids is 2. The molecular weight excluding hydrogens is 366 g/mol. The van der Waals surface area contributed by atoms with Gasteiger partial charge < -0.3 is 15.1 Å². The lowest BCUT2D eigenvalue weighted by atomic mass is 9.95. The molecule has 2 fully saturated rings. The van der Waals surface area contributed by atoms with Crippen molar-refractivity contribution in [1.82, 2.24) is 9.80 Å². The first kappa shape index (κ1) is 19.2. The third-order valence-electron chi connectivity index (χ3n) is 5.78. The zero-order valence-electron chi connectivity index (χ0n) is 16.6. The fraction of sp³-hybridized carbons (Fsp3) is 0.409. The van der Waals surface area contributed by atoms with Crippen molar-refractivity contribution in [3.05, 3.63) is 54.7 Å². The van der Waals surface area contributed by atoms with Gasteiger partial charge in [0.1, 0.15) is 13.1 Å². The second-order valence-corrected chi connectivity index (χ2v) is 7.62. The summed E-state index contributed by atoms with van der Waals surface area (Å²) in [5.41, 5.74) is 0.796. The van der Waals surface area contributed by atoms with Crippen LogP contribution in [0, 0.1) is 5.92 Å². The number of aromatic amines is 1. The van der Waals surface area contributed by atoms with Crippen LogP contribution in [0.3, 0.4) is 0 Å². The predicted octanol–water partition coefficient (Wildman–Crippen LogP) is 2.09. The molecule has 4 rings (SSSR count). The number of pyridine rings is 1. The maximum absolute atomic E-state index is 12.9. The van der Waals surface area contributed by atoms with Crippen molar-refractivity contribution in [2.24, 2.45) is 5.92 Å². The first-order valence-electron chi connectivity index (χ1n) is 10.3. The summed E-state index contributed by atoms with van der Waals surface area (Å²) in [6.45, 7) is 4.41. The Morgan fingerprint density at radius 3 is 2.17 bits per heavy atom. The molecule has 3 amide bonds. The molecule has 3 heterocycles. The first-order chi connectivity index (χ1) is 14.2. The number of hydrogen-bond acceptors (Lipinski definition) is 3. The fourth-order valence-corrected chi connectivity index (χ4v) is 4.06. The quantitative estimate of drug-likeness (QED) is 0.867. The van der Waals surface area contributed by atoms with Gasteiger partial charge in [-0.25, -0.2) is 9.78 Å². The summed E-state index contributed by atoms with van der Waals surface area (Å²) in [6.07, 6.45) is 3.38. The van der Waals surface area contributed by atoms with E-state index in [2.05, 4.69) is 21.3 Å². The van der Waals surface area contributed by atoms with Gasteiger partial charge in [0, 0.05) is 30.8 Å². The fourth-order valence-electron chi connectivity index (χ4n) is 4.06. The highest BCUT2D eigenvalue weighted by Gasteiger charge is 2.33. The lowest BCUT2D eigenvalue weighted by Crippen LogP contribution is -2.53. The normalized spacial score (nSPS) is 17.9. The molecule has 2 aromatic rings. The Morgan fingerprint density at radius 2 is 1.52 bits per heavy atom. The average molecular weight is 394 g/mol. The van der Waals surface area contributed by atoms with Crippen molar-refractivity contribution < 1.29 is 14.6 Å². The van der Waals surface area contributed by atoms with Crippen LogP contribution >= 0.6 is 0 Å². The highest BCUT2D eigenvalue weighted by molar-refractivity contribution is 5.89. The third kappa shape index (κ3) is 4.67. The summed E-state index contributed by atoms with van der Waals surface area (Å²) in [7, 11) is 0. The molecule has 152 valence electrons. The number of piperazine rings is 1. The Balaban J connectivity index is 1.24. The molecule has 7 heteroatoms. The second-order valence-electron chi connectivity index (χ2n) is 7.62. The maximum Gasteiger partial charge on any atom is 0.321 e. The Kier molecular flexibility index (Phi) is 5.93. The summed E-state index contributed by atoms with van der Waals surface area (Å²) in [6, 6.07) is 15.4. The number of rotatable bonds is 3. The van der Waals surface area contributed by atoms with Gasteiger partial charge in [-0.05, 0) is 31.0 Å². The number of hydrogen-bond donors (Lipinski definition) is 1. The molecule has 0 saturated carbocycles. The van der Waals surface area contributed by atoms with Gasteiger partial charge in [-0.2, -0.15) is 0 Å². The molecule has 2 aliphatic rings. The van der Waals surface area contributed by atoms with Gasteiger partial charge in [-0.1, -0.05) is 24.3 Å². The number of para-hydroxylation sites is 1. The van der Waals surface area contributed by atoms with Crippen LogP contribution in [0.5, 0.6) is 0 Å². The van der Waals surface area contributed by atoms with Crippen molar-refractivity contribution in [3.63, 3.8) is 0 Å². The SMILES string of the molecule is O=C(Nc1ccccc1)N1CCC(C(=O)N2CCN(c3cccc[nH+]3)CC2)CC1. The van der Waals surface area contributed by atoms with Gasteiger partial charge in [0.2, 0.25) is 5.91 Å². The van der Waals surface area contributed by atoms with Crippen LogP contribution in [-0.2, 0) is 4.79 Å². The molecule has 7 nitrogen and oxygen atoms in total. The maximum atomic E-state index is 12.9. The third-order valence-corrected chi connectivity index (χ3v) is 5.78. The van der Waals surface area contributed by atoms with Crippen LogP contribution in [-0.4, -0.2) is 61.0 Å². The molecular formula is C22H28N5O2+. The molecule has 0 spiro atoms. The van der Waals surface area contributed by atoms with E-state index in [1.165, 1.54) is 0 Å². The van der Waals surface area contributed by atoms with E-state index in [4.69, 9.17) is 0 Å². The van der Waals surface area contributed by atoms with Gasteiger partial charge in [-0.15, -0.1) is 0 Å². The molecule has 2 aliphatic heterocycles. The minimum atomic E-state index is -0.0881. The van der Waals surface area contributed by atoms with Crippen LogP contribution in [0.25, 0.3) is 0 Å². The number of anilines is 2. The van der Waals surface area contributed by atoms with Crippen molar-refractivity contribution in [3.8, 4) is 0 Å². The summed E-state index contributed by atoms with van der Waals surface area (Å²) < 4.78 is 0. The predicted molar refractivity (Wildman–Crippen MR) is 112 cm³/mol. The number of urea groups is 1. The Morgan fingerprint density at radius 1 is 0.828 bits per heavy atom. The molecule has 0 bridgehead atoms. The molecule has 1 aromatic heterocycles. The minimum Gasteiger partial charge on any atom is -0.335 e. The number of likely N-dealkylation sites (tertiary alicyclic amines) is 1. The number of benzene rings is 1. The van der Waals surface area contributed by atoms with E-state index in [0.717, 1.165) is 50.5 Å². The summed E-state index contributed by atoms with van der Waals surface area (Å²) in [5, 5.41) is 2.92. The largest absolute Gasteiger partial charge is 0.335 e. The standard InChI is InChI=1S/C22H27N5O2/c28-21(26-16-14-25(15-17-26)20-8-4-5-11-23-20)18-9-12-27(13-10-18)22(29)24-19-6-2-1-3-7-19/h1-8,11,18H,9-10,12-17H2,(H,24,29)/p+1. The van der Waals surface area contributed by atoms with Gasteiger partial charge in [0.25, 0.3) is 5.82 Å². The van der Waals surface area contributed by atoms with Crippen molar-refractivity contribution >= 4 is 23.4 Å². The molecule has 29 heavy (non-hydrogen) atoms. The van der Waals surface area contributed by atoms with Gasteiger partial charge >= 0.3 is 6.03 Å². The lowest BCUT2D eigenvalue weighted by Gasteiger charge is -2.36. The number of carbonyl (C=O) groups is 2. The Labute approximate surface area is 171 Å². The van der Waals surface area contributed by atoms with E-state index < -0.39 is 0 Å². The highest BCUT2D eigenvalue weighted by Crippen LogP contribution is 2.22. The van der Waals surface area contributed by atoms with E-state index in [0.29, 0.717) is 13.1 Å². The van der Waals surface area contributed by atoms with Crippen LogP contribution in [0.4, 0.5) is 16.3 Å². The molecule has 0 unspecified atom stereocenters. The number of piperidine rings is 1. The van der Waals surface area contributed by atoms with E-state index in [1.54, 1.807) is 4.90 Å². The molecule has 0 aliphatic carbocycles. The highest BCUT2D eigenvalue weighted by atomic mass is 16.2.